The quantitative estimate of drug-likeness (QED) is 0.576. The number of rotatable bonds is 6. The molecule has 0 N–H and O–H groups in total. The van der Waals surface area contributed by atoms with E-state index in [2.05, 4.69) is 9.88 Å². The zero-order valence-electron chi connectivity index (χ0n) is 14.7. The Morgan fingerprint density at radius 2 is 1.81 bits per heavy atom. The van der Waals surface area contributed by atoms with Crippen molar-refractivity contribution in [2.24, 2.45) is 0 Å². The summed E-state index contributed by atoms with van der Waals surface area (Å²) in [6, 6.07) is 15.0. The molecule has 0 bridgehead atoms. The number of hydrogen-bond donors (Lipinski definition) is 0. The molecule has 0 aliphatic carbocycles. The number of thiazole rings is 1. The molecule has 1 amide bonds. The monoisotopic (exact) mass is 409 g/mol. The van der Waals surface area contributed by atoms with Gasteiger partial charge in [-0.2, -0.15) is 0 Å². The van der Waals surface area contributed by atoms with Crippen molar-refractivity contribution in [2.45, 2.75) is 6.42 Å². The SMILES string of the molecule is CN(C)CCCN(C(=O)c1ccccc1)c1nc2c(Cl)cccc2s1.Cl. The molecule has 4 nitrogen and oxygen atoms in total. The van der Waals surface area contributed by atoms with E-state index in [1.165, 1.54) is 11.3 Å². The van der Waals surface area contributed by atoms with Gasteiger partial charge in [-0.05, 0) is 51.3 Å². The zero-order chi connectivity index (χ0) is 17.8. The molecule has 0 atom stereocenters. The van der Waals surface area contributed by atoms with E-state index in [0.717, 1.165) is 23.2 Å². The first-order valence-electron chi connectivity index (χ1n) is 8.13. The van der Waals surface area contributed by atoms with E-state index in [1.807, 2.05) is 62.6 Å². The predicted molar refractivity (Wildman–Crippen MR) is 113 cm³/mol. The number of hydrogen-bond acceptors (Lipinski definition) is 4. The lowest BCUT2D eigenvalue weighted by molar-refractivity contribution is 0.0986. The third-order valence-electron chi connectivity index (χ3n) is 3.84. The van der Waals surface area contributed by atoms with Gasteiger partial charge in [-0.1, -0.05) is 47.2 Å². The second-order valence-corrected chi connectivity index (χ2v) is 7.48. The first-order valence-corrected chi connectivity index (χ1v) is 9.32. The lowest BCUT2D eigenvalue weighted by atomic mass is 10.2. The molecule has 1 heterocycles. The maximum atomic E-state index is 13.0. The molecule has 1 aromatic heterocycles. The largest absolute Gasteiger partial charge is 0.309 e. The van der Waals surface area contributed by atoms with E-state index in [0.29, 0.717) is 22.3 Å². The highest BCUT2D eigenvalue weighted by atomic mass is 35.5. The summed E-state index contributed by atoms with van der Waals surface area (Å²) in [6.45, 7) is 1.52. The number of amides is 1. The summed E-state index contributed by atoms with van der Waals surface area (Å²) < 4.78 is 0.987. The summed E-state index contributed by atoms with van der Waals surface area (Å²) in [5.74, 6) is -0.0328. The molecule has 0 aliphatic rings. The van der Waals surface area contributed by atoms with Crippen molar-refractivity contribution < 1.29 is 4.79 Å². The maximum Gasteiger partial charge on any atom is 0.260 e. The van der Waals surface area contributed by atoms with Crippen LogP contribution in [0.2, 0.25) is 5.02 Å². The van der Waals surface area contributed by atoms with E-state index in [9.17, 15) is 4.79 Å². The van der Waals surface area contributed by atoms with Gasteiger partial charge in [0.15, 0.2) is 5.13 Å². The first-order chi connectivity index (χ1) is 12.1. The molecule has 3 rings (SSSR count). The van der Waals surface area contributed by atoms with E-state index in [4.69, 9.17) is 11.6 Å². The zero-order valence-corrected chi connectivity index (χ0v) is 17.1. The Kier molecular flexibility index (Phi) is 7.41. The number of nitrogens with zero attached hydrogens (tertiary/aromatic N) is 3. The second-order valence-electron chi connectivity index (χ2n) is 6.06. The van der Waals surface area contributed by atoms with E-state index in [-0.39, 0.29) is 18.3 Å². The van der Waals surface area contributed by atoms with Gasteiger partial charge in [-0.25, -0.2) is 4.98 Å². The minimum Gasteiger partial charge on any atom is -0.309 e. The predicted octanol–water partition coefficient (Wildman–Crippen LogP) is 4.97. The normalized spacial score (nSPS) is 10.8. The van der Waals surface area contributed by atoms with Crippen molar-refractivity contribution in [3.63, 3.8) is 0 Å². The number of anilines is 1. The Hall–Kier alpha value is -1.66. The van der Waals surface area contributed by atoms with Gasteiger partial charge in [0.1, 0.15) is 5.52 Å². The minimum absolute atomic E-state index is 0. The maximum absolute atomic E-state index is 13.0. The Labute approximate surface area is 168 Å². The smallest absolute Gasteiger partial charge is 0.260 e. The van der Waals surface area contributed by atoms with E-state index in [1.54, 1.807) is 4.90 Å². The number of para-hydroxylation sites is 1. The van der Waals surface area contributed by atoms with Crippen molar-refractivity contribution >= 4 is 56.6 Å². The van der Waals surface area contributed by atoms with Crippen molar-refractivity contribution in [1.29, 1.82) is 0 Å². The summed E-state index contributed by atoms with van der Waals surface area (Å²) >= 11 is 7.75. The van der Waals surface area contributed by atoms with E-state index < -0.39 is 0 Å². The van der Waals surface area contributed by atoms with Crippen LogP contribution in [0, 0.1) is 0 Å². The number of carbonyl (C=O) groups excluding carboxylic acids is 1. The average Bonchev–Trinajstić information content (AvgIpc) is 3.04. The minimum atomic E-state index is -0.0328. The number of halogens is 2. The van der Waals surface area contributed by atoms with Gasteiger partial charge in [0.2, 0.25) is 0 Å². The summed E-state index contributed by atoms with van der Waals surface area (Å²) in [5.41, 5.74) is 1.42. The van der Waals surface area contributed by atoms with Gasteiger partial charge in [0.25, 0.3) is 5.91 Å². The number of fused-ring (bicyclic) bond motifs is 1. The summed E-state index contributed by atoms with van der Waals surface area (Å²) in [6.07, 6.45) is 0.870. The molecule has 0 fully saturated rings. The molecule has 0 unspecified atom stereocenters. The summed E-state index contributed by atoms with van der Waals surface area (Å²) in [4.78, 5) is 21.5. The topological polar surface area (TPSA) is 36.4 Å². The van der Waals surface area contributed by atoms with Gasteiger partial charge in [-0.3, -0.25) is 9.69 Å². The van der Waals surface area contributed by atoms with Gasteiger partial charge in [0, 0.05) is 12.1 Å². The number of carbonyl (C=O) groups is 1. The van der Waals surface area contributed by atoms with Crippen LogP contribution in [-0.4, -0.2) is 43.0 Å². The Balaban J connectivity index is 0.00000243. The molecular weight excluding hydrogens is 389 g/mol. The Morgan fingerprint density at radius 1 is 1.08 bits per heavy atom. The van der Waals surface area contributed by atoms with E-state index >= 15 is 0 Å². The van der Waals surface area contributed by atoms with Crippen LogP contribution in [0.25, 0.3) is 10.2 Å². The first kappa shape index (κ1) is 20.6. The van der Waals surface area contributed by atoms with Gasteiger partial charge in [0.05, 0.1) is 9.72 Å². The molecule has 138 valence electrons. The number of benzene rings is 2. The van der Waals surface area contributed by atoms with Crippen LogP contribution in [0.3, 0.4) is 0 Å². The molecule has 0 spiro atoms. The highest BCUT2D eigenvalue weighted by molar-refractivity contribution is 7.22. The molecule has 7 heteroatoms. The van der Waals surface area contributed by atoms with Gasteiger partial charge in [-0.15, -0.1) is 12.4 Å². The fraction of sp³-hybridized carbons (Fsp3) is 0.263. The molecule has 26 heavy (non-hydrogen) atoms. The van der Waals surface area contributed by atoms with Crippen LogP contribution in [0.1, 0.15) is 16.8 Å². The Bertz CT molecular complexity index is 868. The lowest BCUT2D eigenvalue weighted by Gasteiger charge is -2.21. The summed E-state index contributed by atoms with van der Waals surface area (Å²) in [7, 11) is 4.06. The molecule has 3 aromatic rings. The fourth-order valence-electron chi connectivity index (χ4n) is 2.58. The third-order valence-corrected chi connectivity index (χ3v) is 5.19. The average molecular weight is 410 g/mol. The molecule has 0 aliphatic heterocycles. The van der Waals surface area contributed by atoms with Crippen molar-refractivity contribution in [1.82, 2.24) is 9.88 Å². The molecule has 0 saturated heterocycles. The number of aromatic nitrogens is 1. The lowest BCUT2D eigenvalue weighted by Crippen LogP contribution is -2.33. The van der Waals surface area contributed by atoms with Crippen LogP contribution in [0.15, 0.2) is 48.5 Å². The van der Waals surface area contributed by atoms with Crippen LogP contribution >= 0.6 is 35.3 Å². The fourth-order valence-corrected chi connectivity index (χ4v) is 3.87. The molecule has 0 radical (unpaired) electrons. The summed E-state index contributed by atoms with van der Waals surface area (Å²) in [5, 5.41) is 1.30. The highest BCUT2D eigenvalue weighted by Crippen LogP contribution is 2.33. The van der Waals surface area contributed by atoms with Crippen molar-refractivity contribution in [3.8, 4) is 0 Å². The van der Waals surface area contributed by atoms with Gasteiger partial charge < -0.3 is 4.90 Å². The van der Waals surface area contributed by atoms with Crippen LogP contribution < -0.4 is 4.90 Å². The highest BCUT2D eigenvalue weighted by Gasteiger charge is 2.21. The molecule has 0 saturated carbocycles. The second kappa shape index (κ2) is 9.33. The van der Waals surface area contributed by atoms with Crippen LogP contribution in [-0.2, 0) is 0 Å². The Morgan fingerprint density at radius 3 is 2.46 bits per heavy atom. The molecular formula is C19H21Cl2N3OS. The van der Waals surface area contributed by atoms with Crippen molar-refractivity contribution in [2.75, 3.05) is 32.1 Å². The van der Waals surface area contributed by atoms with Crippen LogP contribution in [0.4, 0.5) is 5.13 Å². The third kappa shape index (κ3) is 4.74. The molecule has 2 aromatic carbocycles. The van der Waals surface area contributed by atoms with Crippen molar-refractivity contribution in [3.05, 3.63) is 59.1 Å². The standard InChI is InChI=1S/C19H20ClN3OS.ClH/c1-22(2)12-7-13-23(18(24)14-8-4-3-5-9-14)19-21-17-15(20)10-6-11-16(17)25-19;/h3-6,8-11H,7,12-13H2,1-2H3;1H. The van der Waals surface area contributed by atoms with Gasteiger partial charge >= 0.3 is 0 Å². The van der Waals surface area contributed by atoms with Crippen LogP contribution in [0.5, 0.6) is 0 Å².